The van der Waals surface area contributed by atoms with Crippen molar-refractivity contribution in [2.24, 2.45) is 0 Å². The molecule has 0 saturated carbocycles. The molecule has 0 atom stereocenters. The lowest BCUT2D eigenvalue weighted by molar-refractivity contribution is 0.249. The Morgan fingerprint density at radius 2 is 1.85 bits per heavy atom. The first-order valence-electron chi connectivity index (χ1n) is 9.09. The highest BCUT2D eigenvalue weighted by Crippen LogP contribution is 2.29. The minimum Gasteiger partial charge on any atom is -0.494 e. The summed E-state index contributed by atoms with van der Waals surface area (Å²) in [5.74, 6) is 0.233. The molecule has 146 valence electrons. The molecule has 3 rings (SSSR count). The van der Waals surface area contributed by atoms with Crippen LogP contribution in [0.15, 0.2) is 33.9 Å². The van der Waals surface area contributed by atoms with Gasteiger partial charge in [-0.05, 0) is 32.0 Å². The summed E-state index contributed by atoms with van der Waals surface area (Å²) in [4.78, 5) is 30.9. The van der Waals surface area contributed by atoms with Crippen LogP contribution in [0.25, 0.3) is 0 Å². The van der Waals surface area contributed by atoms with Gasteiger partial charge in [0.25, 0.3) is 5.56 Å². The molecule has 0 radical (unpaired) electrons. The molecule has 1 aliphatic rings. The summed E-state index contributed by atoms with van der Waals surface area (Å²) in [5.41, 5.74) is 0.864. The Kier molecular flexibility index (Phi) is 5.95. The molecule has 8 heteroatoms. The third-order valence-corrected chi connectivity index (χ3v) is 4.87. The number of hydrogen-bond donors (Lipinski definition) is 1. The minimum atomic E-state index is -0.353. The molecule has 0 bridgehead atoms. The molecule has 1 fully saturated rings. The second-order valence-corrected chi connectivity index (χ2v) is 6.75. The van der Waals surface area contributed by atoms with E-state index >= 15 is 0 Å². The van der Waals surface area contributed by atoms with Gasteiger partial charge in [-0.15, -0.1) is 0 Å². The van der Waals surface area contributed by atoms with E-state index < -0.39 is 0 Å². The van der Waals surface area contributed by atoms with Crippen molar-refractivity contribution in [3.05, 3.63) is 56.6 Å². The number of anilines is 1. The highest BCUT2D eigenvalue weighted by Gasteiger charge is 2.20. The molecule has 0 aliphatic carbocycles. The van der Waals surface area contributed by atoms with E-state index in [0.29, 0.717) is 18.0 Å². The molecule has 1 aromatic heterocycles. The number of hydrogen-bond acceptors (Lipinski definition) is 5. The van der Waals surface area contributed by atoms with Gasteiger partial charge in [-0.2, -0.15) is 0 Å². The normalized spacial score (nSPS) is 15.1. The first kappa shape index (κ1) is 19.2. The molecule has 1 saturated heterocycles. The lowest BCUT2D eigenvalue weighted by Crippen LogP contribution is -2.47. The average molecular weight is 376 g/mol. The number of aromatic amines is 1. The van der Waals surface area contributed by atoms with Crippen molar-refractivity contribution < 1.29 is 9.13 Å². The zero-order valence-electron chi connectivity index (χ0n) is 15.7. The van der Waals surface area contributed by atoms with Crippen LogP contribution in [0.5, 0.6) is 5.75 Å². The third-order valence-electron chi connectivity index (χ3n) is 4.87. The van der Waals surface area contributed by atoms with Crippen LogP contribution in [0.1, 0.15) is 12.1 Å². The SMILES string of the molecule is COc1cc(F)ccc1N1CCN(CCCn2c(=O)cc(C)[nH]c2=O)CC1. The van der Waals surface area contributed by atoms with Crippen LogP contribution in [-0.2, 0) is 6.54 Å². The molecule has 1 aliphatic heterocycles. The molecule has 0 amide bonds. The van der Waals surface area contributed by atoms with Gasteiger partial charge in [0.05, 0.1) is 12.8 Å². The third kappa shape index (κ3) is 4.57. The molecule has 2 aromatic rings. The smallest absolute Gasteiger partial charge is 0.328 e. The number of aryl methyl sites for hydroxylation is 1. The van der Waals surface area contributed by atoms with Gasteiger partial charge in [0.1, 0.15) is 11.6 Å². The molecule has 2 heterocycles. The summed E-state index contributed by atoms with van der Waals surface area (Å²) in [5, 5.41) is 0. The molecular formula is C19H25FN4O3. The molecular weight excluding hydrogens is 351 g/mol. The van der Waals surface area contributed by atoms with E-state index in [-0.39, 0.29) is 17.1 Å². The van der Waals surface area contributed by atoms with E-state index in [0.717, 1.165) is 44.8 Å². The number of nitrogens with one attached hydrogen (secondary N) is 1. The van der Waals surface area contributed by atoms with Crippen LogP contribution < -0.4 is 20.9 Å². The number of methoxy groups -OCH3 is 1. The van der Waals surface area contributed by atoms with E-state index in [1.807, 2.05) is 0 Å². The van der Waals surface area contributed by atoms with Gasteiger partial charge in [0, 0.05) is 50.6 Å². The van der Waals surface area contributed by atoms with E-state index in [4.69, 9.17) is 4.74 Å². The van der Waals surface area contributed by atoms with E-state index in [2.05, 4.69) is 14.8 Å². The number of halogens is 1. The number of aromatic nitrogens is 2. The lowest BCUT2D eigenvalue weighted by Gasteiger charge is -2.36. The van der Waals surface area contributed by atoms with Crippen molar-refractivity contribution in [3.63, 3.8) is 0 Å². The van der Waals surface area contributed by atoms with Crippen molar-refractivity contribution in [1.29, 1.82) is 0 Å². The molecule has 0 spiro atoms. The quantitative estimate of drug-likeness (QED) is 0.821. The van der Waals surface area contributed by atoms with Gasteiger partial charge in [-0.3, -0.25) is 14.3 Å². The number of rotatable bonds is 6. The topological polar surface area (TPSA) is 70.6 Å². The first-order valence-corrected chi connectivity index (χ1v) is 9.09. The molecule has 1 aromatic carbocycles. The Labute approximate surface area is 157 Å². The average Bonchev–Trinajstić information content (AvgIpc) is 2.64. The van der Waals surface area contributed by atoms with Crippen LogP contribution in [-0.4, -0.2) is 54.3 Å². The first-order chi connectivity index (χ1) is 13.0. The summed E-state index contributed by atoms with van der Waals surface area (Å²) < 4.78 is 19.9. The van der Waals surface area contributed by atoms with Crippen LogP contribution in [0.4, 0.5) is 10.1 Å². The van der Waals surface area contributed by atoms with Crippen LogP contribution in [0.2, 0.25) is 0 Å². The number of H-pyrrole nitrogens is 1. The Balaban J connectivity index is 1.52. The molecule has 1 N–H and O–H groups in total. The molecule has 0 unspecified atom stereocenters. The summed E-state index contributed by atoms with van der Waals surface area (Å²) in [6, 6.07) is 6.04. The second kappa shape index (κ2) is 8.39. The van der Waals surface area contributed by atoms with Crippen LogP contribution in [0.3, 0.4) is 0 Å². The number of benzene rings is 1. The van der Waals surface area contributed by atoms with Gasteiger partial charge in [-0.25, -0.2) is 9.18 Å². The van der Waals surface area contributed by atoms with Crippen molar-refractivity contribution in [2.45, 2.75) is 19.9 Å². The number of ether oxygens (including phenoxy) is 1. The maximum absolute atomic E-state index is 13.4. The summed E-state index contributed by atoms with van der Waals surface area (Å²) >= 11 is 0. The van der Waals surface area contributed by atoms with E-state index in [1.54, 1.807) is 20.1 Å². The fourth-order valence-corrected chi connectivity index (χ4v) is 3.42. The van der Waals surface area contributed by atoms with Crippen molar-refractivity contribution in [1.82, 2.24) is 14.5 Å². The maximum atomic E-state index is 13.4. The summed E-state index contributed by atoms with van der Waals surface area (Å²) in [6.45, 7) is 6.26. The Bertz CT molecular complexity index is 869. The predicted molar refractivity (Wildman–Crippen MR) is 102 cm³/mol. The maximum Gasteiger partial charge on any atom is 0.328 e. The van der Waals surface area contributed by atoms with E-state index in [9.17, 15) is 14.0 Å². The standard InChI is InChI=1S/C19H25FN4O3/c1-14-12-18(25)24(19(26)21-14)7-3-6-22-8-10-23(11-9-22)16-5-4-15(20)13-17(16)27-2/h4-5,12-13H,3,6-11H2,1-2H3,(H,21,26). The monoisotopic (exact) mass is 376 g/mol. The van der Waals surface area contributed by atoms with Gasteiger partial charge in [0.2, 0.25) is 0 Å². The zero-order valence-corrected chi connectivity index (χ0v) is 15.7. The fraction of sp³-hybridized carbons (Fsp3) is 0.474. The van der Waals surface area contributed by atoms with Gasteiger partial charge < -0.3 is 14.6 Å². The predicted octanol–water partition coefficient (Wildman–Crippen LogP) is 1.21. The van der Waals surface area contributed by atoms with Crippen molar-refractivity contribution >= 4 is 5.69 Å². The number of piperazine rings is 1. The van der Waals surface area contributed by atoms with Crippen molar-refractivity contribution in [2.75, 3.05) is 44.7 Å². The zero-order chi connectivity index (χ0) is 19.4. The molecule has 7 nitrogen and oxygen atoms in total. The van der Waals surface area contributed by atoms with Gasteiger partial charge >= 0.3 is 5.69 Å². The van der Waals surface area contributed by atoms with Gasteiger partial charge in [0.15, 0.2) is 0 Å². The summed E-state index contributed by atoms with van der Waals surface area (Å²) in [6.07, 6.45) is 0.728. The van der Waals surface area contributed by atoms with Crippen LogP contribution >= 0.6 is 0 Å². The minimum absolute atomic E-state index is 0.260. The Morgan fingerprint density at radius 3 is 2.52 bits per heavy atom. The lowest BCUT2D eigenvalue weighted by atomic mass is 10.2. The molecule has 27 heavy (non-hydrogen) atoms. The van der Waals surface area contributed by atoms with Gasteiger partial charge in [-0.1, -0.05) is 0 Å². The highest BCUT2D eigenvalue weighted by molar-refractivity contribution is 5.58. The second-order valence-electron chi connectivity index (χ2n) is 6.75. The Morgan fingerprint density at radius 1 is 1.11 bits per heavy atom. The largest absolute Gasteiger partial charge is 0.494 e. The van der Waals surface area contributed by atoms with E-state index in [1.165, 1.54) is 22.8 Å². The summed E-state index contributed by atoms with van der Waals surface area (Å²) in [7, 11) is 1.54. The highest BCUT2D eigenvalue weighted by atomic mass is 19.1. The van der Waals surface area contributed by atoms with Crippen molar-refractivity contribution in [3.8, 4) is 5.75 Å². The Hall–Kier alpha value is -2.61. The number of nitrogens with zero attached hydrogens (tertiary/aromatic N) is 3. The fourth-order valence-electron chi connectivity index (χ4n) is 3.42. The van der Waals surface area contributed by atoms with Crippen LogP contribution in [0, 0.1) is 12.7 Å².